The molecule has 0 spiro atoms. The highest BCUT2D eigenvalue weighted by atomic mass is 79.9. The Bertz CT molecular complexity index is 718. The highest BCUT2D eigenvalue weighted by Gasteiger charge is 2.04. The van der Waals surface area contributed by atoms with Gasteiger partial charge in [-0.3, -0.25) is 0 Å². The summed E-state index contributed by atoms with van der Waals surface area (Å²) >= 11 is 3.48. The van der Waals surface area contributed by atoms with Gasteiger partial charge in [-0.2, -0.15) is 5.10 Å². The lowest BCUT2D eigenvalue weighted by Gasteiger charge is -2.09. The first kappa shape index (κ1) is 12.2. The van der Waals surface area contributed by atoms with Crippen molar-refractivity contribution in [3.8, 4) is 0 Å². The van der Waals surface area contributed by atoms with Crippen LogP contribution < -0.4 is 5.32 Å². The van der Waals surface area contributed by atoms with Gasteiger partial charge in [-0.15, -0.1) is 0 Å². The first-order valence-corrected chi connectivity index (χ1v) is 6.94. The Morgan fingerprint density at radius 2 is 2.16 bits per heavy atom. The third-order valence-corrected chi connectivity index (χ3v) is 3.66. The van der Waals surface area contributed by atoms with Gasteiger partial charge >= 0.3 is 0 Å². The molecule has 0 saturated carbocycles. The van der Waals surface area contributed by atoms with Crippen molar-refractivity contribution in [2.75, 3.05) is 5.32 Å². The van der Waals surface area contributed by atoms with E-state index in [-0.39, 0.29) is 0 Å². The number of anilines is 1. The summed E-state index contributed by atoms with van der Waals surface area (Å²) in [6.07, 6.45) is 3.88. The van der Waals surface area contributed by atoms with Gasteiger partial charge < -0.3 is 5.32 Å². The van der Waals surface area contributed by atoms with Crippen LogP contribution in [0, 0.1) is 6.92 Å². The maximum absolute atomic E-state index is 4.34. The largest absolute Gasteiger partial charge is 0.381 e. The zero-order valence-corrected chi connectivity index (χ0v) is 12.2. The van der Waals surface area contributed by atoms with Crippen LogP contribution in [0.1, 0.15) is 11.1 Å². The SMILES string of the molecule is Cc1cc(Br)ccc1NCc1cnn2ccccc12. The zero-order chi connectivity index (χ0) is 13.2. The van der Waals surface area contributed by atoms with E-state index in [1.165, 1.54) is 11.1 Å². The van der Waals surface area contributed by atoms with Gasteiger partial charge in [-0.25, -0.2) is 4.52 Å². The normalized spacial score (nSPS) is 10.8. The Hall–Kier alpha value is -1.81. The quantitative estimate of drug-likeness (QED) is 0.791. The van der Waals surface area contributed by atoms with Crippen molar-refractivity contribution in [3.05, 3.63) is 64.4 Å². The van der Waals surface area contributed by atoms with Crippen molar-refractivity contribution in [2.45, 2.75) is 13.5 Å². The van der Waals surface area contributed by atoms with Gasteiger partial charge in [0.15, 0.2) is 0 Å². The average molecular weight is 316 g/mol. The number of nitrogens with one attached hydrogen (secondary N) is 1. The molecule has 0 bridgehead atoms. The highest BCUT2D eigenvalue weighted by molar-refractivity contribution is 9.10. The molecule has 0 unspecified atom stereocenters. The van der Waals surface area contributed by atoms with E-state index in [4.69, 9.17) is 0 Å². The van der Waals surface area contributed by atoms with Crippen molar-refractivity contribution >= 4 is 27.1 Å². The van der Waals surface area contributed by atoms with E-state index in [2.05, 4.69) is 51.5 Å². The molecule has 0 aliphatic rings. The van der Waals surface area contributed by atoms with Gasteiger partial charge in [0.2, 0.25) is 0 Å². The van der Waals surface area contributed by atoms with Gasteiger partial charge in [0.05, 0.1) is 11.7 Å². The summed E-state index contributed by atoms with van der Waals surface area (Å²) in [5.41, 5.74) is 4.72. The Labute approximate surface area is 120 Å². The number of hydrogen-bond donors (Lipinski definition) is 1. The second-order valence-corrected chi connectivity index (χ2v) is 5.43. The molecule has 3 nitrogen and oxygen atoms in total. The van der Waals surface area contributed by atoms with Crippen LogP contribution in [0.4, 0.5) is 5.69 Å². The Morgan fingerprint density at radius 3 is 3.00 bits per heavy atom. The van der Waals surface area contributed by atoms with Gasteiger partial charge in [0, 0.05) is 28.5 Å². The maximum atomic E-state index is 4.34. The molecule has 0 atom stereocenters. The van der Waals surface area contributed by atoms with Crippen LogP contribution in [0.25, 0.3) is 5.52 Å². The van der Waals surface area contributed by atoms with E-state index >= 15 is 0 Å². The number of aromatic nitrogens is 2. The number of pyridine rings is 1. The monoisotopic (exact) mass is 315 g/mol. The van der Waals surface area contributed by atoms with Crippen LogP contribution in [-0.2, 0) is 6.54 Å². The molecule has 0 aliphatic carbocycles. The molecule has 3 aromatic rings. The lowest BCUT2D eigenvalue weighted by molar-refractivity contribution is 0.961. The second-order valence-electron chi connectivity index (χ2n) is 4.51. The van der Waals surface area contributed by atoms with Crippen molar-refractivity contribution in [1.82, 2.24) is 9.61 Å². The van der Waals surface area contributed by atoms with Gasteiger partial charge in [-0.05, 0) is 42.8 Å². The highest BCUT2D eigenvalue weighted by Crippen LogP contribution is 2.21. The first-order chi connectivity index (χ1) is 9.24. The van der Waals surface area contributed by atoms with E-state index in [0.29, 0.717) is 0 Å². The van der Waals surface area contributed by atoms with E-state index < -0.39 is 0 Å². The first-order valence-electron chi connectivity index (χ1n) is 6.15. The molecule has 1 N–H and O–H groups in total. The molecule has 19 heavy (non-hydrogen) atoms. The van der Waals surface area contributed by atoms with E-state index in [0.717, 1.165) is 22.2 Å². The summed E-state index contributed by atoms with van der Waals surface area (Å²) in [4.78, 5) is 0. The topological polar surface area (TPSA) is 29.3 Å². The van der Waals surface area contributed by atoms with Gasteiger partial charge in [-0.1, -0.05) is 22.0 Å². The second kappa shape index (κ2) is 5.05. The third kappa shape index (κ3) is 2.49. The fraction of sp³-hybridized carbons (Fsp3) is 0.133. The summed E-state index contributed by atoms with van der Waals surface area (Å²) in [5, 5.41) is 7.80. The number of hydrogen-bond acceptors (Lipinski definition) is 2. The number of benzene rings is 1. The molecule has 3 rings (SSSR count). The van der Waals surface area contributed by atoms with Crippen LogP contribution >= 0.6 is 15.9 Å². The van der Waals surface area contributed by atoms with Gasteiger partial charge in [0.1, 0.15) is 0 Å². The minimum Gasteiger partial charge on any atom is -0.381 e. The summed E-state index contributed by atoms with van der Waals surface area (Å²) in [6.45, 7) is 2.87. The number of fused-ring (bicyclic) bond motifs is 1. The lowest BCUT2D eigenvalue weighted by atomic mass is 10.2. The van der Waals surface area contributed by atoms with E-state index in [9.17, 15) is 0 Å². The molecule has 0 amide bonds. The van der Waals surface area contributed by atoms with Crippen LogP contribution in [0.2, 0.25) is 0 Å². The van der Waals surface area contributed by atoms with Crippen LogP contribution in [0.15, 0.2) is 53.3 Å². The van der Waals surface area contributed by atoms with Crippen LogP contribution in [0.3, 0.4) is 0 Å². The number of aryl methyl sites for hydroxylation is 1. The molecule has 1 aromatic carbocycles. The van der Waals surface area contributed by atoms with Gasteiger partial charge in [0.25, 0.3) is 0 Å². The minimum atomic E-state index is 0.774. The predicted molar refractivity (Wildman–Crippen MR) is 81.4 cm³/mol. The molecule has 0 saturated heterocycles. The van der Waals surface area contributed by atoms with Crippen molar-refractivity contribution < 1.29 is 0 Å². The molecule has 0 fully saturated rings. The van der Waals surface area contributed by atoms with Crippen LogP contribution in [0.5, 0.6) is 0 Å². The van der Waals surface area contributed by atoms with Crippen molar-refractivity contribution in [2.24, 2.45) is 0 Å². The number of rotatable bonds is 3. The Kier molecular flexibility index (Phi) is 3.25. The fourth-order valence-electron chi connectivity index (χ4n) is 2.14. The zero-order valence-electron chi connectivity index (χ0n) is 10.6. The number of nitrogens with zero attached hydrogens (tertiary/aromatic N) is 2. The minimum absolute atomic E-state index is 0.774. The molecule has 96 valence electrons. The summed E-state index contributed by atoms with van der Waals surface area (Å²) in [6, 6.07) is 12.3. The standard InChI is InChI=1S/C15H14BrN3/c1-11-8-13(16)5-6-14(11)17-9-12-10-18-19-7-3-2-4-15(12)19/h2-8,10,17H,9H2,1H3. The fourth-order valence-corrected chi connectivity index (χ4v) is 2.62. The number of halogens is 1. The molecular formula is C15H14BrN3. The summed E-state index contributed by atoms with van der Waals surface area (Å²) < 4.78 is 3.00. The molecule has 4 heteroatoms. The molecule has 2 aromatic heterocycles. The molecule has 0 radical (unpaired) electrons. The lowest BCUT2D eigenvalue weighted by Crippen LogP contribution is -2.00. The summed E-state index contributed by atoms with van der Waals surface area (Å²) in [5.74, 6) is 0. The van der Waals surface area contributed by atoms with E-state index in [1.807, 2.05) is 35.1 Å². The predicted octanol–water partition coefficient (Wildman–Crippen LogP) is 4.02. The smallest absolute Gasteiger partial charge is 0.0711 e. The Morgan fingerprint density at radius 1 is 1.26 bits per heavy atom. The molecule has 0 aliphatic heterocycles. The Balaban J connectivity index is 1.82. The van der Waals surface area contributed by atoms with Crippen LogP contribution in [-0.4, -0.2) is 9.61 Å². The molecule has 2 heterocycles. The van der Waals surface area contributed by atoms with E-state index in [1.54, 1.807) is 0 Å². The third-order valence-electron chi connectivity index (χ3n) is 3.16. The summed E-state index contributed by atoms with van der Waals surface area (Å²) in [7, 11) is 0. The molecular weight excluding hydrogens is 302 g/mol. The van der Waals surface area contributed by atoms with Crippen molar-refractivity contribution in [1.29, 1.82) is 0 Å². The van der Waals surface area contributed by atoms with Crippen molar-refractivity contribution in [3.63, 3.8) is 0 Å². The maximum Gasteiger partial charge on any atom is 0.0711 e. The average Bonchev–Trinajstić information content (AvgIpc) is 2.81.